The minimum atomic E-state index is -0.545. The second kappa shape index (κ2) is 8.30. The van der Waals surface area contributed by atoms with Crippen LogP contribution in [0.3, 0.4) is 0 Å². The standard InChI is InChI=1S/C32H50O6/c1-17(33)36-27-18(15-20(37-27)26-29(4,5)38-26)19-9-10-21-30(19,6)13-11-22-31(7)14-12-24(34)28(2,3)23(31)16-25(35)32(21,22)8/h10,18-20,22-27,34-35H,9,11-16H2,1-8H3/t18-,19-,20+,22+,23+,24+,25+,26+,27-,30-,31+,32-/m0/s1. The molecular formula is C32H50O6. The molecule has 0 aromatic rings. The molecule has 4 aliphatic carbocycles. The van der Waals surface area contributed by atoms with Gasteiger partial charge in [0, 0.05) is 18.3 Å². The van der Waals surface area contributed by atoms with E-state index in [4.69, 9.17) is 14.2 Å². The summed E-state index contributed by atoms with van der Waals surface area (Å²) in [6, 6.07) is 0. The van der Waals surface area contributed by atoms with E-state index in [0.717, 1.165) is 44.9 Å². The molecule has 2 N–H and O–H groups in total. The van der Waals surface area contributed by atoms with Crippen molar-refractivity contribution in [2.24, 2.45) is 45.3 Å². The van der Waals surface area contributed by atoms with E-state index in [2.05, 4.69) is 54.5 Å². The fraction of sp³-hybridized carbons (Fsp3) is 0.906. The largest absolute Gasteiger partial charge is 0.436 e. The number of carbonyl (C=O) groups excluding carboxylic acids is 1. The summed E-state index contributed by atoms with van der Waals surface area (Å²) in [6.45, 7) is 17.3. The van der Waals surface area contributed by atoms with Gasteiger partial charge in [0.1, 0.15) is 6.10 Å². The maximum absolute atomic E-state index is 12.1. The van der Waals surface area contributed by atoms with Crippen molar-refractivity contribution in [2.75, 3.05) is 0 Å². The van der Waals surface area contributed by atoms with Crippen LogP contribution in [0.15, 0.2) is 11.6 Å². The molecule has 0 radical (unpaired) electrons. The highest BCUT2D eigenvalue weighted by Crippen LogP contribution is 2.73. The van der Waals surface area contributed by atoms with Gasteiger partial charge < -0.3 is 24.4 Å². The van der Waals surface area contributed by atoms with Crippen molar-refractivity contribution in [1.82, 2.24) is 0 Å². The van der Waals surface area contributed by atoms with Crippen molar-refractivity contribution in [3.8, 4) is 0 Å². The van der Waals surface area contributed by atoms with Gasteiger partial charge in [0.25, 0.3) is 0 Å². The topological polar surface area (TPSA) is 88.5 Å². The first kappa shape index (κ1) is 27.2. The Kier molecular flexibility index (Phi) is 5.95. The van der Waals surface area contributed by atoms with Crippen LogP contribution in [0.1, 0.15) is 100 Å². The Morgan fingerprint density at radius 2 is 1.66 bits per heavy atom. The molecule has 6 nitrogen and oxygen atoms in total. The lowest BCUT2D eigenvalue weighted by Crippen LogP contribution is -2.65. The van der Waals surface area contributed by atoms with Crippen LogP contribution in [0.5, 0.6) is 0 Å². The number of aliphatic hydroxyl groups excluding tert-OH is 2. The molecule has 38 heavy (non-hydrogen) atoms. The van der Waals surface area contributed by atoms with Gasteiger partial charge in [-0.25, -0.2) is 0 Å². The fourth-order valence-electron chi connectivity index (χ4n) is 11.0. The van der Waals surface area contributed by atoms with Gasteiger partial charge in [-0.3, -0.25) is 4.79 Å². The lowest BCUT2D eigenvalue weighted by Gasteiger charge is -2.68. The van der Waals surface area contributed by atoms with Crippen molar-refractivity contribution >= 4 is 5.97 Å². The van der Waals surface area contributed by atoms with Gasteiger partial charge in [0.15, 0.2) is 0 Å². The maximum Gasteiger partial charge on any atom is 0.304 e. The summed E-state index contributed by atoms with van der Waals surface area (Å²) < 4.78 is 18.1. The maximum atomic E-state index is 12.1. The van der Waals surface area contributed by atoms with E-state index in [0.29, 0.717) is 17.8 Å². The Morgan fingerprint density at radius 3 is 2.29 bits per heavy atom. The van der Waals surface area contributed by atoms with E-state index in [9.17, 15) is 15.0 Å². The number of fused-ring (bicyclic) bond motifs is 5. The lowest BCUT2D eigenvalue weighted by molar-refractivity contribution is -0.214. The van der Waals surface area contributed by atoms with E-state index in [1.165, 1.54) is 12.5 Å². The predicted octanol–water partition coefficient (Wildman–Crippen LogP) is 5.40. The lowest BCUT2D eigenvalue weighted by atomic mass is 9.37. The molecular weight excluding hydrogens is 480 g/mol. The average molecular weight is 531 g/mol. The third-order valence-electron chi connectivity index (χ3n) is 13.1. The molecule has 2 saturated heterocycles. The van der Waals surface area contributed by atoms with Crippen LogP contribution in [-0.2, 0) is 19.0 Å². The molecule has 6 rings (SSSR count). The van der Waals surface area contributed by atoms with Crippen molar-refractivity contribution in [2.45, 2.75) is 137 Å². The second-order valence-corrected chi connectivity index (χ2v) is 15.6. The first-order valence-corrected chi connectivity index (χ1v) is 15.1. The zero-order valence-electron chi connectivity index (χ0n) is 24.8. The zero-order valence-corrected chi connectivity index (χ0v) is 24.8. The molecule has 2 heterocycles. The van der Waals surface area contributed by atoms with Gasteiger partial charge >= 0.3 is 5.97 Å². The highest BCUT2D eigenvalue weighted by molar-refractivity contribution is 5.66. The summed E-state index contributed by atoms with van der Waals surface area (Å²) in [7, 11) is 0. The third kappa shape index (κ3) is 3.55. The molecule has 6 aliphatic rings. The first-order chi connectivity index (χ1) is 17.6. The summed E-state index contributed by atoms with van der Waals surface area (Å²) in [5.41, 5.74) is 0.773. The molecule has 5 fully saturated rings. The monoisotopic (exact) mass is 530 g/mol. The van der Waals surface area contributed by atoms with Crippen LogP contribution in [0.2, 0.25) is 0 Å². The minimum absolute atomic E-state index is 0.0440. The Bertz CT molecular complexity index is 1030. The number of carbonyl (C=O) groups is 1. The van der Waals surface area contributed by atoms with Crippen LogP contribution in [0.25, 0.3) is 0 Å². The van der Waals surface area contributed by atoms with Gasteiger partial charge in [-0.2, -0.15) is 0 Å². The quantitative estimate of drug-likeness (QED) is 0.289. The van der Waals surface area contributed by atoms with Gasteiger partial charge in [-0.05, 0) is 92.8 Å². The van der Waals surface area contributed by atoms with Gasteiger partial charge in [-0.1, -0.05) is 46.3 Å². The van der Waals surface area contributed by atoms with Crippen LogP contribution in [0, 0.1) is 45.3 Å². The summed E-state index contributed by atoms with van der Waals surface area (Å²) in [4.78, 5) is 12.1. The zero-order chi connectivity index (χ0) is 27.6. The third-order valence-corrected chi connectivity index (χ3v) is 13.1. The van der Waals surface area contributed by atoms with Gasteiger partial charge in [0.2, 0.25) is 6.29 Å². The number of ether oxygens (including phenoxy) is 3. The molecule has 0 amide bonds. The molecule has 214 valence electrons. The van der Waals surface area contributed by atoms with Crippen molar-refractivity contribution in [3.63, 3.8) is 0 Å². The Balaban J connectivity index is 1.31. The number of esters is 1. The smallest absolute Gasteiger partial charge is 0.304 e. The van der Waals surface area contributed by atoms with Crippen molar-refractivity contribution in [3.05, 3.63) is 11.6 Å². The van der Waals surface area contributed by atoms with Crippen molar-refractivity contribution < 1.29 is 29.2 Å². The summed E-state index contributed by atoms with van der Waals surface area (Å²) in [6.07, 6.45) is 7.65. The van der Waals surface area contributed by atoms with Gasteiger partial charge in [-0.15, -0.1) is 0 Å². The van der Waals surface area contributed by atoms with Crippen LogP contribution < -0.4 is 0 Å². The van der Waals surface area contributed by atoms with E-state index < -0.39 is 12.4 Å². The number of allylic oxidation sites excluding steroid dienone is 1. The average Bonchev–Trinajstić information content (AvgIpc) is 3.11. The summed E-state index contributed by atoms with van der Waals surface area (Å²) in [5.74, 6) is 0.788. The minimum Gasteiger partial charge on any atom is -0.436 e. The molecule has 0 bridgehead atoms. The van der Waals surface area contributed by atoms with Crippen LogP contribution in [0.4, 0.5) is 0 Å². The molecule has 3 saturated carbocycles. The molecule has 6 heteroatoms. The molecule has 0 aromatic heterocycles. The number of aliphatic hydroxyl groups is 2. The summed E-state index contributed by atoms with van der Waals surface area (Å²) in [5, 5.41) is 22.9. The number of epoxide rings is 1. The van der Waals surface area contributed by atoms with Gasteiger partial charge in [0.05, 0.1) is 23.9 Å². The predicted molar refractivity (Wildman–Crippen MR) is 144 cm³/mol. The van der Waals surface area contributed by atoms with Crippen LogP contribution in [-0.4, -0.2) is 52.5 Å². The molecule has 12 atom stereocenters. The van der Waals surface area contributed by atoms with E-state index >= 15 is 0 Å². The number of hydrogen-bond donors (Lipinski definition) is 2. The van der Waals surface area contributed by atoms with Crippen molar-refractivity contribution in [1.29, 1.82) is 0 Å². The number of hydrogen-bond acceptors (Lipinski definition) is 6. The van der Waals surface area contributed by atoms with Crippen LogP contribution >= 0.6 is 0 Å². The Hall–Kier alpha value is -0.950. The SMILES string of the molecule is CC(=O)O[C@H]1O[C@@H]([C@H]2OC2(C)C)C[C@H]1[C@@H]1CC=C2[C@]3(C)[C@H](O)C[C@@H]4C(C)(C)[C@H](O)CC[C@]4(C)[C@H]3CC[C@]21C. The number of rotatable bonds is 3. The summed E-state index contributed by atoms with van der Waals surface area (Å²) >= 11 is 0. The van der Waals surface area contributed by atoms with E-state index in [1.54, 1.807) is 0 Å². The highest BCUT2D eigenvalue weighted by Gasteiger charge is 2.69. The second-order valence-electron chi connectivity index (χ2n) is 15.6. The van der Waals surface area contributed by atoms with E-state index in [-0.39, 0.29) is 57.5 Å². The fourth-order valence-corrected chi connectivity index (χ4v) is 11.0. The van der Waals surface area contributed by atoms with E-state index in [1.807, 2.05) is 0 Å². The molecule has 0 aromatic carbocycles. The molecule has 0 spiro atoms. The normalized spacial score (nSPS) is 54.4. The molecule has 2 aliphatic heterocycles. The highest BCUT2D eigenvalue weighted by atomic mass is 16.7. The Labute approximate surface area is 228 Å². The molecule has 0 unspecified atom stereocenters. The first-order valence-electron chi connectivity index (χ1n) is 15.1. The Morgan fingerprint density at radius 1 is 0.974 bits per heavy atom.